The van der Waals surface area contributed by atoms with Gasteiger partial charge in [0.2, 0.25) is 5.89 Å². The second kappa shape index (κ2) is 13.6. The van der Waals surface area contributed by atoms with Crippen molar-refractivity contribution < 1.29 is 13.6 Å². The third kappa shape index (κ3) is 6.73. The molecule has 0 N–H and O–H groups in total. The van der Waals surface area contributed by atoms with E-state index in [1.54, 1.807) is 0 Å². The molecule has 0 saturated carbocycles. The summed E-state index contributed by atoms with van der Waals surface area (Å²) in [4.78, 5) is 5.12. The fraction of sp³-hybridized carbons (Fsp3) is 0.214. The van der Waals surface area contributed by atoms with Crippen LogP contribution in [0.4, 0.5) is 0 Å². The zero-order valence-electron chi connectivity index (χ0n) is 27.2. The van der Waals surface area contributed by atoms with Crippen molar-refractivity contribution in [3.8, 4) is 28.3 Å². The van der Waals surface area contributed by atoms with Crippen molar-refractivity contribution >= 4 is 19.4 Å². The van der Waals surface area contributed by atoms with Gasteiger partial charge in [0, 0.05) is 23.7 Å². The molecule has 1 aliphatic heterocycles. The van der Waals surface area contributed by atoms with Gasteiger partial charge in [-0.25, -0.2) is 4.98 Å². The largest absolute Gasteiger partial charge is 0.532 e. The Morgan fingerprint density at radius 1 is 0.702 bits per heavy atom. The first-order valence-electron chi connectivity index (χ1n) is 16.5. The molecule has 4 nitrogen and oxygen atoms in total. The van der Waals surface area contributed by atoms with Gasteiger partial charge in [0.1, 0.15) is 17.5 Å². The molecule has 47 heavy (non-hydrogen) atoms. The summed E-state index contributed by atoms with van der Waals surface area (Å²) in [5, 5.41) is 2.45. The SMILES string of the molecule is CC(C)(C)c1cccc(CC2CCOC2c2nc(-c3ccccc3)c(-c3ccccc3)o2)c1O[Si](c1ccccc1)c1ccccc1. The maximum Gasteiger partial charge on any atom is 0.352 e. The van der Waals surface area contributed by atoms with Crippen LogP contribution in [0.5, 0.6) is 5.75 Å². The third-order valence-electron chi connectivity index (χ3n) is 8.85. The van der Waals surface area contributed by atoms with Crippen LogP contribution in [0.25, 0.3) is 22.6 Å². The fourth-order valence-corrected chi connectivity index (χ4v) is 8.46. The topological polar surface area (TPSA) is 44.5 Å². The van der Waals surface area contributed by atoms with Crippen LogP contribution in [0.2, 0.25) is 0 Å². The summed E-state index contributed by atoms with van der Waals surface area (Å²) in [5.41, 5.74) is 5.19. The Labute approximate surface area is 279 Å². The lowest BCUT2D eigenvalue weighted by Crippen LogP contribution is -2.48. The minimum Gasteiger partial charge on any atom is -0.532 e. The maximum absolute atomic E-state index is 7.29. The first-order valence-corrected chi connectivity index (χ1v) is 17.9. The number of benzene rings is 5. The van der Waals surface area contributed by atoms with Crippen molar-refractivity contribution in [3.05, 3.63) is 157 Å². The molecule has 1 aliphatic rings. The van der Waals surface area contributed by atoms with Crippen LogP contribution >= 0.6 is 0 Å². The summed E-state index contributed by atoms with van der Waals surface area (Å²) in [6.45, 7) is 7.46. The average molecular weight is 635 g/mol. The minimum atomic E-state index is -1.58. The lowest BCUT2D eigenvalue weighted by molar-refractivity contribution is 0.0683. The van der Waals surface area contributed by atoms with E-state index < -0.39 is 9.04 Å². The summed E-state index contributed by atoms with van der Waals surface area (Å²) in [6, 6.07) is 48.5. The van der Waals surface area contributed by atoms with Crippen molar-refractivity contribution in [2.45, 2.75) is 45.1 Å². The Morgan fingerprint density at radius 2 is 1.28 bits per heavy atom. The highest BCUT2D eigenvalue weighted by Crippen LogP contribution is 2.43. The van der Waals surface area contributed by atoms with Gasteiger partial charge in [0.25, 0.3) is 0 Å². The molecular weight excluding hydrogens is 595 g/mol. The van der Waals surface area contributed by atoms with Crippen LogP contribution < -0.4 is 14.8 Å². The average Bonchev–Trinajstić information content (AvgIpc) is 3.76. The first kappa shape index (κ1) is 30.9. The monoisotopic (exact) mass is 634 g/mol. The van der Waals surface area contributed by atoms with E-state index >= 15 is 0 Å². The Kier molecular flexibility index (Phi) is 8.92. The maximum atomic E-state index is 7.29. The number of nitrogens with zero attached hydrogens (tertiary/aromatic N) is 1. The predicted molar refractivity (Wildman–Crippen MR) is 192 cm³/mol. The van der Waals surface area contributed by atoms with Crippen molar-refractivity contribution in [2.75, 3.05) is 6.61 Å². The van der Waals surface area contributed by atoms with Gasteiger partial charge in [-0.1, -0.05) is 160 Å². The molecule has 2 unspecified atom stereocenters. The number of para-hydroxylation sites is 1. The van der Waals surface area contributed by atoms with Gasteiger partial charge in [0.15, 0.2) is 5.76 Å². The van der Waals surface area contributed by atoms with E-state index in [0.29, 0.717) is 12.5 Å². The number of oxazole rings is 1. The van der Waals surface area contributed by atoms with Crippen LogP contribution in [0, 0.1) is 5.92 Å². The van der Waals surface area contributed by atoms with Crippen LogP contribution in [0.1, 0.15) is 50.3 Å². The Bertz CT molecular complexity index is 1800. The third-order valence-corrected chi connectivity index (χ3v) is 11.0. The molecule has 5 aromatic carbocycles. The van der Waals surface area contributed by atoms with Crippen molar-refractivity contribution in [1.82, 2.24) is 4.98 Å². The Hall–Kier alpha value is -4.71. The zero-order valence-corrected chi connectivity index (χ0v) is 28.2. The van der Waals surface area contributed by atoms with Crippen LogP contribution in [-0.4, -0.2) is 20.6 Å². The molecule has 5 heteroatoms. The molecule has 7 rings (SSSR count). The molecule has 235 valence electrons. The summed E-state index contributed by atoms with van der Waals surface area (Å²) in [5.74, 6) is 2.59. The van der Waals surface area contributed by atoms with Gasteiger partial charge < -0.3 is 13.6 Å². The molecule has 1 aromatic heterocycles. The number of ether oxygens (including phenoxy) is 1. The standard InChI is InChI=1S/C42H40NO3Si/c1-42(2,3)36-26-16-21-32(38(36)46-47(34-22-12-6-13-23-34)35-24-14-7-15-25-35)29-33-27-28-44-40(33)41-43-37(30-17-8-4-9-18-30)39(45-41)31-19-10-5-11-20-31/h4-26,33,40H,27-29H2,1-3H3. The molecule has 6 aromatic rings. The summed E-state index contributed by atoms with van der Waals surface area (Å²) < 4.78 is 20.4. The Morgan fingerprint density at radius 3 is 1.87 bits per heavy atom. The van der Waals surface area contributed by atoms with Gasteiger partial charge in [0.05, 0.1) is 0 Å². The highest BCUT2D eigenvalue weighted by molar-refractivity contribution is 6.80. The van der Waals surface area contributed by atoms with Crippen LogP contribution in [-0.2, 0) is 16.6 Å². The molecule has 1 radical (unpaired) electrons. The van der Waals surface area contributed by atoms with Gasteiger partial charge in [-0.3, -0.25) is 0 Å². The van der Waals surface area contributed by atoms with E-state index in [9.17, 15) is 0 Å². The molecule has 0 spiro atoms. The highest BCUT2D eigenvalue weighted by Gasteiger charge is 2.36. The number of aromatic nitrogens is 1. The quantitative estimate of drug-likeness (QED) is 0.149. The van der Waals surface area contributed by atoms with E-state index in [4.69, 9.17) is 18.6 Å². The Balaban J connectivity index is 1.26. The van der Waals surface area contributed by atoms with Crippen molar-refractivity contribution in [1.29, 1.82) is 0 Å². The summed E-state index contributed by atoms with van der Waals surface area (Å²) in [6.07, 6.45) is 1.46. The van der Waals surface area contributed by atoms with E-state index in [1.165, 1.54) is 21.5 Å². The molecule has 0 aliphatic carbocycles. The van der Waals surface area contributed by atoms with Crippen LogP contribution in [0.15, 0.2) is 144 Å². The molecule has 2 heterocycles. The second-order valence-electron chi connectivity index (χ2n) is 13.2. The minimum absolute atomic E-state index is 0.102. The first-order chi connectivity index (χ1) is 23.0. The predicted octanol–water partition coefficient (Wildman–Crippen LogP) is 8.81. The van der Waals surface area contributed by atoms with Crippen molar-refractivity contribution in [2.24, 2.45) is 5.92 Å². The van der Waals surface area contributed by atoms with Gasteiger partial charge in [-0.2, -0.15) is 0 Å². The molecule has 1 saturated heterocycles. The van der Waals surface area contributed by atoms with E-state index in [1.807, 2.05) is 36.4 Å². The molecule has 0 amide bonds. The molecule has 0 bridgehead atoms. The fourth-order valence-electron chi connectivity index (χ4n) is 6.46. The van der Waals surface area contributed by atoms with E-state index in [0.717, 1.165) is 41.2 Å². The van der Waals surface area contributed by atoms with E-state index in [-0.39, 0.29) is 17.4 Å². The van der Waals surface area contributed by atoms with E-state index in [2.05, 4.69) is 124 Å². The smallest absolute Gasteiger partial charge is 0.352 e. The van der Waals surface area contributed by atoms with Gasteiger partial charge >= 0.3 is 9.04 Å². The number of hydrogen-bond donors (Lipinski definition) is 0. The number of rotatable bonds is 9. The molecule has 2 atom stereocenters. The lowest BCUT2D eigenvalue weighted by atomic mass is 9.83. The second-order valence-corrected chi connectivity index (χ2v) is 15.2. The summed E-state index contributed by atoms with van der Waals surface area (Å²) >= 11 is 0. The normalized spacial score (nSPS) is 16.4. The van der Waals surface area contributed by atoms with Gasteiger partial charge in [-0.15, -0.1) is 0 Å². The highest BCUT2D eigenvalue weighted by atomic mass is 28.3. The lowest BCUT2D eigenvalue weighted by Gasteiger charge is -2.29. The molecular formula is C42H40NO3Si. The van der Waals surface area contributed by atoms with Crippen LogP contribution in [0.3, 0.4) is 0 Å². The van der Waals surface area contributed by atoms with Gasteiger partial charge in [-0.05, 0) is 39.8 Å². The van der Waals surface area contributed by atoms with Crippen molar-refractivity contribution in [3.63, 3.8) is 0 Å². The molecule has 1 fully saturated rings. The number of hydrogen-bond acceptors (Lipinski definition) is 4. The summed E-state index contributed by atoms with van der Waals surface area (Å²) in [7, 11) is -1.58. The zero-order chi connectivity index (χ0) is 32.2.